The summed E-state index contributed by atoms with van der Waals surface area (Å²) in [6.07, 6.45) is 0.367. The summed E-state index contributed by atoms with van der Waals surface area (Å²) in [4.78, 5) is 0. The molecule has 2 rings (SSSR count). The average molecular weight is 189 g/mol. The second-order valence-corrected chi connectivity index (χ2v) is 3.50. The monoisotopic (exact) mass is 188 g/mol. The van der Waals surface area contributed by atoms with E-state index in [0.717, 1.165) is 11.1 Å². The van der Waals surface area contributed by atoms with Crippen LogP contribution in [0.15, 0.2) is 12.1 Å². The summed E-state index contributed by atoms with van der Waals surface area (Å²) < 4.78 is 0. The fourth-order valence-corrected chi connectivity index (χ4v) is 1.64. The van der Waals surface area contributed by atoms with Gasteiger partial charge in [-0.3, -0.25) is 0 Å². The quantitative estimate of drug-likeness (QED) is 0.664. The first-order chi connectivity index (χ1) is 5.18. The largest absolute Gasteiger partial charge is 0.388 e. The Bertz CT molecular complexity index is 309. The second-order valence-electron chi connectivity index (χ2n) is 2.69. The molecule has 1 aliphatic rings. The summed E-state index contributed by atoms with van der Waals surface area (Å²) in [7, 11) is 0. The van der Waals surface area contributed by atoms with Gasteiger partial charge in [0.2, 0.25) is 0 Å². The van der Waals surface area contributed by atoms with Gasteiger partial charge in [0, 0.05) is 6.42 Å². The van der Waals surface area contributed by atoms with Crippen molar-refractivity contribution < 1.29 is 5.11 Å². The molecule has 1 aromatic carbocycles. The van der Waals surface area contributed by atoms with E-state index in [4.69, 9.17) is 23.2 Å². The lowest BCUT2D eigenvalue weighted by Gasteiger charge is -2.25. The van der Waals surface area contributed by atoms with Crippen LogP contribution in [-0.4, -0.2) is 5.11 Å². The van der Waals surface area contributed by atoms with Crippen molar-refractivity contribution in [3.63, 3.8) is 0 Å². The van der Waals surface area contributed by atoms with Crippen molar-refractivity contribution in [1.82, 2.24) is 0 Å². The van der Waals surface area contributed by atoms with Crippen LogP contribution < -0.4 is 0 Å². The Balaban J connectivity index is 2.55. The minimum Gasteiger partial charge on any atom is -0.388 e. The van der Waals surface area contributed by atoms with Gasteiger partial charge in [0.1, 0.15) is 0 Å². The van der Waals surface area contributed by atoms with E-state index in [1.165, 1.54) is 0 Å². The first kappa shape index (κ1) is 7.41. The number of halogens is 2. The topological polar surface area (TPSA) is 20.2 Å². The van der Waals surface area contributed by atoms with Crippen molar-refractivity contribution in [3.8, 4) is 0 Å². The number of hydrogen-bond donors (Lipinski definition) is 1. The van der Waals surface area contributed by atoms with Crippen molar-refractivity contribution in [3.05, 3.63) is 33.3 Å². The Morgan fingerprint density at radius 3 is 2.55 bits per heavy atom. The van der Waals surface area contributed by atoms with Crippen molar-refractivity contribution in [2.24, 2.45) is 0 Å². The molecule has 1 atom stereocenters. The Kier molecular flexibility index (Phi) is 1.60. The fraction of sp³-hybridized carbons (Fsp3) is 0.250. The molecule has 0 bridgehead atoms. The lowest BCUT2D eigenvalue weighted by atomic mass is 9.86. The predicted molar refractivity (Wildman–Crippen MR) is 45.1 cm³/mol. The molecule has 1 unspecified atom stereocenters. The van der Waals surface area contributed by atoms with Gasteiger partial charge in [0.05, 0.1) is 16.1 Å². The summed E-state index contributed by atoms with van der Waals surface area (Å²) >= 11 is 11.5. The van der Waals surface area contributed by atoms with Gasteiger partial charge in [-0.15, -0.1) is 0 Å². The lowest BCUT2D eigenvalue weighted by Crippen LogP contribution is -2.15. The molecule has 0 amide bonds. The highest BCUT2D eigenvalue weighted by molar-refractivity contribution is 6.42. The zero-order valence-electron chi connectivity index (χ0n) is 5.64. The van der Waals surface area contributed by atoms with Gasteiger partial charge >= 0.3 is 0 Å². The molecule has 0 spiro atoms. The summed E-state index contributed by atoms with van der Waals surface area (Å²) in [5.41, 5.74) is 2.02. The zero-order valence-corrected chi connectivity index (χ0v) is 7.15. The van der Waals surface area contributed by atoms with Crippen LogP contribution in [0, 0.1) is 0 Å². The molecular formula is C8H6Cl2O. The third kappa shape index (κ3) is 1.04. The van der Waals surface area contributed by atoms with E-state index in [9.17, 15) is 5.11 Å². The third-order valence-corrected chi connectivity index (χ3v) is 2.68. The summed E-state index contributed by atoms with van der Waals surface area (Å²) in [6, 6.07) is 3.54. The Hall–Kier alpha value is -0.240. The predicted octanol–water partition coefficient (Wildman–Crippen LogP) is 2.58. The zero-order chi connectivity index (χ0) is 8.01. The number of fused-ring (bicyclic) bond motifs is 1. The van der Waals surface area contributed by atoms with E-state index in [0.29, 0.717) is 16.5 Å². The van der Waals surface area contributed by atoms with Crippen molar-refractivity contribution in [1.29, 1.82) is 0 Å². The van der Waals surface area contributed by atoms with E-state index in [2.05, 4.69) is 0 Å². The van der Waals surface area contributed by atoms with Crippen LogP contribution in [-0.2, 0) is 6.42 Å². The highest BCUT2D eigenvalue weighted by Gasteiger charge is 2.24. The standard InChI is InChI=1S/C8H6Cl2O/c9-6-1-4-2-8(11)5(4)3-7(6)10/h1,3,8,11H,2H2. The van der Waals surface area contributed by atoms with Gasteiger partial charge in [-0.2, -0.15) is 0 Å². The van der Waals surface area contributed by atoms with E-state index >= 15 is 0 Å². The minimum atomic E-state index is -0.334. The van der Waals surface area contributed by atoms with E-state index in [1.54, 1.807) is 6.07 Å². The summed E-state index contributed by atoms with van der Waals surface area (Å²) in [5.74, 6) is 0. The molecule has 0 fully saturated rings. The summed E-state index contributed by atoms with van der Waals surface area (Å²) in [6.45, 7) is 0. The van der Waals surface area contributed by atoms with Crippen LogP contribution in [0.3, 0.4) is 0 Å². The maximum atomic E-state index is 9.21. The number of benzene rings is 1. The molecule has 1 aliphatic carbocycles. The molecule has 1 aromatic rings. The Labute approximate surface area is 74.6 Å². The highest BCUT2D eigenvalue weighted by Crippen LogP contribution is 2.38. The molecular weight excluding hydrogens is 183 g/mol. The van der Waals surface area contributed by atoms with Crippen LogP contribution in [0.25, 0.3) is 0 Å². The summed E-state index contributed by atoms with van der Waals surface area (Å²) in [5, 5.41) is 10.3. The minimum absolute atomic E-state index is 0.334. The van der Waals surface area contributed by atoms with Crippen LogP contribution in [0.1, 0.15) is 17.2 Å². The molecule has 11 heavy (non-hydrogen) atoms. The average Bonchev–Trinajstić information content (AvgIpc) is 1.97. The van der Waals surface area contributed by atoms with Gasteiger partial charge in [0.15, 0.2) is 0 Å². The maximum absolute atomic E-state index is 9.21. The molecule has 0 aromatic heterocycles. The molecule has 1 N–H and O–H groups in total. The van der Waals surface area contributed by atoms with E-state index < -0.39 is 0 Å². The second kappa shape index (κ2) is 2.37. The fourth-order valence-electron chi connectivity index (χ4n) is 1.28. The van der Waals surface area contributed by atoms with Crippen LogP contribution >= 0.6 is 23.2 Å². The van der Waals surface area contributed by atoms with E-state index in [-0.39, 0.29) is 6.10 Å². The van der Waals surface area contributed by atoms with Gasteiger partial charge in [-0.05, 0) is 23.3 Å². The third-order valence-electron chi connectivity index (χ3n) is 1.95. The maximum Gasteiger partial charge on any atom is 0.0833 e. The van der Waals surface area contributed by atoms with Crippen LogP contribution in [0.2, 0.25) is 10.0 Å². The molecule has 0 aliphatic heterocycles. The first-order valence-electron chi connectivity index (χ1n) is 3.34. The first-order valence-corrected chi connectivity index (χ1v) is 4.10. The van der Waals surface area contributed by atoms with Crippen LogP contribution in [0.5, 0.6) is 0 Å². The number of rotatable bonds is 0. The smallest absolute Gasteiger partial charge is 0.0833 e. The highest BCUT2D eigenvalue weighted by atomic mass is 35.5. The Morgan fingerprint density at radius 2 is 1.91 bits per heavy atom. The van der Waals surface area contributed by atoms with Gasteiger partial charge in [-0.1, -0.05) is 23.2 Å². The SMILES string of the molecule is OC1Cc2cc(Cl)c(Cl)cc21. The molecule has 0 saturated heterocycles. The van der Waals surface area contributed by atoms with E-state index in [1.807, 2.05) is 6.07 Å². The molecule has 1 nitrogen and oxygen atoms in total. The van der Waals surface area contributed by atoms with Crippen molar-refractivity contribution in [2.75, 3.05) is 0 Å². The van der Waals surface area contributed by atoms with Crippen LogP contribution in [0.4, 0.5) is 0 Å². The molecule has 58 valence electrons. The normalized spacial score (nSPS) is 20.8. The number of aliphatic hydroxyl groups excluding tert-OH is 1. The molecule has 0 heterocycles. The van der Waals surface area contributed by atoms with Crippen molar-refractivity contribution >= 4 is 23.2 Å². The Morgan fingerprint density at radius 1 is 1.27 bits per heavy atom. The van der Waals surface area contributed by atoms with Gasteiger partial charge in [0.25, 0.3) is 0 Å². The van der Waals surface area contributed by atoms with Gasteiger partial charge in [-0.25, -0.2) is 0 Å². The molecule has 3 heteroatoms. The van der Waals surface area contributed by atoms with Gasteiger partial charge < -0.3 is 5.11 Å². The number of aliphatic hydroxyl groups is 1. The molecule has 0 radical (unpaired) electrons. The number of hydrogen-bond acceptors (Lipinski definition) is 1. The molecule has 0 saturated carbocycles. The lowest BCUT2D eigenvalue weighted by molar-refractivity contribution is 0.154. The van der Waals surface area contributed by atoms with Crippen molar-refractivity contribution in [2.45, 2.75) is 12.5 Å².